The van der Waals surface area contributed by atoms with Gasteiger partial charge in [0, 0.05) is 18.5 Å². The predicted octanol–water partition coefficient (Wildman–Crippen LogP) is 4.16. The van der Waals surface area contributed by atoms with Gasteiger partial charge in [0.2, 0.25) is 5.91 Å². The Morgan fingerprint density at radius 2 is 1.66 bits per heavy atom. The van der Waals surface area contributed by atoms with Crippen molar-refractivity contribution in [3.63, 3.8) is 0 Å². The monoisotopic (exact) mass is 474 g/mol. The summed E-state index contributed by atoms with van der Waals surface area (Å²) in [7, 11) is 0. The molecule has 0 spiro atoms. The number of hydrogen-bond acceptors (Lipinski definition) is 4. The Bertz CT molecular complexity index is 1150. The Kier molecular flexibility index (Phi) is 5.31. The number of carbonyl (C=O) groups is 3. The van der Waals surface area contributed by atoms with Crippen LogP contribution in [0.5, 0.6) is 0 Å². The van der Waals surface area contributed by atoms with Gasteiger partial charge in [-0.25, -0.2) is 9.59 Å². The number of fused-ring (bicyclic) bond motifs is 4. The van der Waals surface area contributed by atoms with Gasteiger partial charge in [0.25, 0.3) is 0 Å². The number of alkyl carbamates (subject to hydrolysis) is 1. The van der Waals surface area contributed by atoms with Crippen LogP contribution in [-0.4, -0.2) is 52.7 Å². The van der Waals surface area contributed by atoms with Crippen molar-refractivity contribution in [1.29, 1.82) is 0 Å². The highest BCUT2D eigenvalue weighted by Crippen LogP contribution is 2.55. The molecular formula is C28H30N2O5. The van der Waals surface area contributed by atoms with Crippen molar-refractivity contribution < 1.29 is 24.2 Å². The van der Waals surface area contributed by atoms with Crippen LogP contribution in [-0.2, 0) is 14.3 Å². The fraction of sp³-hybridized carbons (Fsp3) is 0.464. The van der Waals surface area contributed by atoms with E-state index in [2.05, 4.69) is 29.6 Å². The molecule has 2 unspecified atom stereocenters. The lowest BCUT2D eigenvalue weighted by Crippen LogP contribution is -2.55. The van der Waals surface area contributed by atoms with Gasteiger partial charge in [-0.05, 0) is 60.3 Å². The van der Waals surface area contributed by atoms with E-state index in [-0.39, 0.29) is 30.4 Å². The zero-order valence-electron chi connectivity index (χ0n) is 19.6. The summed E-state index contributed by atoms with van der Waals surface area (Å²) in [5, 5.41) is 12.8. The molecule has 2 saturated carbocycles. The zero-order chi connectivity index (χ0) is 24.2. The number of carboxylic acids is 1. The Labute approximate surface area is 204 Å². The van der Waals surface area contributed by atoms with Crippen molar-refractivity contribution in [2.75, 3.05) is 13.2 Å². The molecule has 3 fully saturated rings. The van der Waals surface area contributed by atoms with Gasteiger partial charge in [0.1, 0.15) is 12.1 Å². The molecule has 2 aromatic rings. The Hall–Kier alpha value is -3.35. The lowest BCUT2D eigenvalue weighted by molar-refractivity contribution is -0.156. The van der Waals surface area contributed by atoms with Crippen LogP contribution in [0.2, 0.25) is 0 Å². The van der Waals surface area contributed by atoms with Crippen LogP contribution in [0, 0.1) is 11.8 Å². The summed E-state index contributed by atoms with van der Waals surface area (Å²) in [6, 6.07) is 16.1. The number of likely N-dealkylation sites (tertiary alicyclic amines) is 1. The maximum atomic E-state index is 13.5. The number of carboxylic acid groups (broad SMARTS) is 1. The molecule has 7 nitrogen and oxygen atoms in total. The molecule has 4 aliphatic rings. The minimum atomic E-state index is -1.02. The number of nitrogens with one attached hydrogen (secondary N) is 1. The smallest absolute Gasteiger partial charge is 0.407 e. The quantitative estimate of drug-likeness (QED) is 0.679. The molecule has 0 radical (unpaired) electrons. The highest BCUT2D eigenvalue weighted by Gasteiger charge is 2.67. The van der Waals surface area contributed by atoms with E-state index in [4.69, 9.17) is 4.74 Å². The van der Waals surface area contributed by atoms with E-state index in [9.17, 15) is 19.5 Å². The molecule has 182 valence electrons. The van der Waals surface area contributed by atoms with Gasteiger partial charge < -0.3 is 20.1 Å². The van der Waals surface area contributed by atoms with Crippen molar-refractivity contribution in [3.8, 4) is 11.1 Å². The summed E-state index contributed by atoms with van der Waals surface area (Å²) in [6.07, 6.45) is 3.90. The second-order valence-corrected chi connectivity index (χ2v) is 10.4. The van der Waals surface area contributed by atoms with E-state index in [1.165, 1.54) is 11.1 Å². The molecule has 1 heterocycles. The van der Waals surface area contributed by atoms with Crippen molar-refractivity contribution >= 4 is 18.0 Å². The first kappa shape index (κ1) is 22.1. The molecule has 1 saturated heterocycles. The predicted molar refractivity (Wildman–Crippen MR) is 129 cm³/mol. The van der Waals surface area contributed by atoms with Crippen molar-refractivity contribution in [2.24, 2.45) is 11.8 Å². The summed E-state index contributed by atoms with van der Waals surface area (Å²) in [5.74, 6) is -1.38. The topological polar surface area (TPSA) is 95.9 Å². The van der Waals surface area contributed by atoms with Crippen molar-refractivity contribution in [2.45, 2.75) is 56.0 Å². The van der Waals surface area contributed by atoms with E-state index in [1.807, 2.05) is 24.3 Å². The number of aliphatic carboxylic acids is 1. The Morgan fingerprint density at radius 1 is 0.971 bits per heavy atom. The van der Waals surface area contributed by atoms with Crippen LogP contribution in [0.3, 0.4) is 0 Å². The maximum Gasteiger partial charge on any atom is 0.407 e. The normalized spacial score (nSPS) is 28.6. The van der Waals surface area contributed by atoms with Crippen LogP contribution < -0.4 is 5.32 Å². The van der Waals surface area contributed by atoms with Crippen molar-refractivity contribution in [3.05, 3.63) is 59.7 Å². The van der Waals surface area contributed by atoms with Gasteiger partial charge in [-0.2, -0.15) is 0 Å². The number of amides is 2. The number of carbonyl (C=O) groups excluding carboxylic acids is 2. The van der Waals surface area contributed by atoms with Gasteiger partial charge in [-0.1, -0.05) is 55.0 Å². The van der Waals surface area contributed by atoms with Gasteiger partial charge in [0.15, 0.2) is 0 Å². The average molecular weight is 475 g/mol. The third-order valence-corrected chi connectivity index (χ3v) is 8.61. The zero-order valence-corrected chi connectivity index (χ0v) is 19.6. The molecule has 0 aromatic heterocycles. The van der Waals surface area contributed by atoms with E-state index < -0.39 is 23.5 Å². The fourth-order valence-corrected chi connectivity index (χ4v) is 6.79. The van der Waals surface area contributed by atoms with Crippen LogP contribution in [0.1, 0.15) is 55.6 Å². The molecule has 2 aromatic carbocycles. The highest BCUT2D eigenvalue weighted by atomic mass is 16.5. The number of nitrogens with zero attached hydrogens (tertiary/aromatic N) is 1. The molecule has 2 amide bonds. The molecule has 7 heteroatoms. The molecule has 0 bridgehead atoms. The number of ether oxygens (including phenoxy) is 1. The van der Waals surface area contributed by atoms with Gasteiger partial charge in [-0.15, -0.1) is 0 Å². The molecule has 2 N–H and O–H groups in total. The number of rotatable bonds is 5. The summed E-state index contributed by atoms with van der Waals surface area (Å²) >= 11 is 0. The van der Waals surface area contributed by atoms with E-state index >= 15 is 0 Å². The van der Waals surface area contributed by atoms with Crippen LogP contribution in [0.15, 0.2) is 48.5 Å². The second-order valence-electron chi connectivity index (χ2n) is 10.4. The first-order valence-electron chi connectivity index (χ1n) is 12.7. The molecule has 3 aliphatic carbocycles. The summed E-state index contributed by atoms with van der Waals surface area (Å²) < 4.78 is 5.69. The first-order chi connectivity index (χ1) is 17.0. The fourth-order valence-electron chi connectivity index (χ4n) is 6.79. The van der Waals surface area contributed by atoms with E-state index in [1.54, 1.807) is 4.90 Å². The second kappa shape index (κ2) is 8.40. The van der Waals surface area contributed by atoms with E-state index in [0.29, 0.717) is 25.8 Å². The standard InChI is InChI=1S/C28H30N2O5/c31-25(30-14-6-7-17-15-28(17,30)26(32)33)22-12-5-13-24(22)29-27(34)35-16-23-20-10-3-1-8-18(20)19-9-2-4-11-21(19)23/h1-4,8-11,17,22-24H,5-7,12-16H2,(H,29,34)(H,32,33)/t17-,22?,24?,28+/m1/s1. The molecule has 4 atom stereocenters. The molecule has 35 heavy (non-hydrogen) atoms. The van der Waals surface area contributed by atoms with Gasteiger partial charge >= 0.3 is 12.1 Å². The lowest BCUT2D eigenvalue weighted by atomic mass is 9.96. The lowest BCUT2D eigenvalue weighted by Gasteiger charge is -2.36. The van der Waals surface area contributed by atoms with Crippen LogP contribution in [0.4, 0.5) is 4.79 Å². The molecule has 6 rings (SSSR count). The van der Waals surface area contributed by atoms with E-state index in [0.717, 1.165) is 30.4 Å². The highest BCUT2D eigenvalue weighted by molar-refractivity contribution is 5.92. The minimum Gasteiger partial charge on any atom is -0.479 e. The minimum absolute atomic E-state index is 0.0234. The van der Waals surface area contributed by atoms with Crippen LogP contribution >= 0.6 is 0 Å². The number of piperidine rings is 1. The maximum absolute atomic E-state index is 13.5. The Morgan fingerprint density at radius 3 is 2.34 bits per heavy atom. The largest absolute Gasteiger partial charge is 0.479 e. The first-order valence-corrected chi connectivity index (χ1v) is 12.7. The third kappa shape index (κ3) is 3.51. The van der Waals surface area contributed by atoms with Crippen molar-refractivity contribution in [1.82, 2.24) is 10.2 Å². The number of hydrogen-bond donors (Lipinski definition) is 2. The van der Waals surface area contributed by atoms with Gasteiger partial charge in [-0.3, -0.25) is 4.79 Å². The summed E-state index contributed by atoms with van der Waals surface area (Å²) in [4.78, 5) is 39.9. The summed E-state index contributed by atoms with van der Waals surface area (Å²) in [5.41, 5.74) is 3.63. The van der Waals surface area contributed by atoms with Crippen LogP contribution in [0.25, 0.3) is 11.1 Å². The Balaban J connectivity index is 1.12. The molecular weight excluding hydrogens is 444 g/mol. The SMILES string of the molecule is O=C(NC1CCCC1C(=O)N1CCC[C@@H]2C[C@@]21C(=O)O)OCC1c2ccccc2-c2ccccc21. The summed E-state index contributed by atoms with van der Waals surface area (Å²) in [6.45, 7) is 0.705. The average Bonchev–Trinajstić information content (AvgIpc) is 3.34. The number of benzene rings is 2. The molecule has 1 aliphatic heterocycles. The van der Waals surface area contributed by atoms with Gasteiger partial charge in [0.05, 0.1) is 5.92 Å². The third-order valence-electron chi connectivity index (χ3n) is 8.61.